The Morgan fingerprint density at radius 2 is 1.75 bits per heavy atom. The molecule has 2 unspecified atom stereocenters. The topological polar surface area (TPSA) is 105 Å². The van der Waals surface area contributed by atoms with Crippen molar-refractivity contribution in [2.24, 2.45) is 5.41 Å². The monoisotopic (exact) mass is 288 g/mol. The van der Waals surface area contributed by atoms with Crippen LogP contribution in [-0.4, -0.2) is 48.7 Å². The third-order valence-corrected chi connectivity index (χ3v) is 2.65. The van der Waals surface area contributed by atoms with Crippen LogP contribution in [0.2, 0.25) is 0 Å². The van der Waals surface area contributed by atoms with Gasteiger partial charge in [0.1, 0.15) is 12.1 Å². The molecule has 3 N–H and O–H groups in total. The highest BCUT2D eigenvalue weighted by Crippen LogP contribution is 2.12. The highest BCUT2D eigenvalue weighted by molar-refractivity contribution is 5.91. The number of hydrogen-bond donors (Lipinski definition) is 3. The number of nitrogens with one attached hydrogen (secondary N) is 2. The lowest BCUT2D eigenvalue weighted by Crippen LogP contribution is -2.52. The highest BCUT2D eigenvalue weighted by Gasteiger charge is 2.27. The molecule has 0 aromatic rings. The molecule has 2 amide bonds. The van der Waals surface area contributed by atoms with E-state index in [-0.39, 0.29) is 18.9 Å². The number of rotatable bonds is 7. The first-order valence-electron chi connectivity index (χ1n) is 6.42. The van der Waals surface area contributed by atoms with Crippen molar-refractivity contribution in [3.8, 4) is 0 Å². The molecule has 0 aromatic heterocycles. The van der Waals surface area contributed by atoms with E-state index >= 15 is 0 Å². The molecule has 7 heteroatoms. The maximum atomic E-state index is 11.9. The van der Waals surface area contributed by atoms with E-state index in [2.05, 4.69) is 10.6 Å². The van der Waals surface area contributed by atoms with Gasteiger partial charge in [0.2, 0.25) is 11.8 Å². The Labute approximate surface area is 119 Å². The van der Waals surface area contributed by atoms with Crippen molar-refractivity contribution in [3.63, 3.8) is 0 Å². The largest absolute Gasteiger partial charge is 0.480 e. The number of carboxylic acids is 1. The summed E-state index contributed by atoms with van der Waals surface area (Å²) in [5.41, 5.74) is -0.614. The second kappa shape index (κ2) is 7.84. The number of carbonyl (C=O) groups excluding carboxylic acids is 2. The summed E-state index contributed by atoms with van der Waals surface area (Å²) in [5.74, 6) is -1.94. The van der Waals surface area contributed by atoms with Gasteiger partial charge in [0.15, 0.2) is 0 Å². The third-order valence-electron chi connectivity index (χ3n) is 2.65. The Bertz CT molecular complexity index is 362. The zero-order valence-corrected chi connectivity index (χ0v) is 12.6. The molecule has 0 heterocycles. The molecule has 0 saturated carbocycles. The number of carbonyl (C=O) groups is 3. The molecule has 0 rings (SSSR count). The summed E-state index contributed by atoms with van der Waals surface area (Å²) in [6.45, 7) is 6.91. The Morgan fingerprint density at radius 3 is 2.15 bits per heavy atom. The molecule has 0 fully saturated rings. The zero-order valence-electron chi connectivity index (χ0n) is 12.6. The number of carboxylic acid groups (broad SMARTS) is 1. The van der Waals surface area contributed by atoms with Crippen molar-refractivity contribution in [3.05, 3.63) is 0 Å². The predicted molar refractivity (Wildman–Crippen MR) is 73.1 cm³/mol. The molecule has 0 bridgehead atoms. The number of hydrogen-bond acceptors (Lipinski definition) is 4. The lowest BCUT2D eigenvalue weighted by Gasteiger charge is -2.22. The van der Waals surface area contributed by atoms with Crippen LogP contribution in [0, 0.1) is 5.41 Å². The van der Waals surface area contributed by atoms with Gasteiger partial charge in [0, 0.05) is 25.6 Å². The smallest absolute Gasteiger partial charge is 0.326 e. The molecule has 0 saturated heterocycles. The first kappa shape index (κ1) is 18.4. The van der Waals surface area contributed by atoms with E-state index in [4.69, 9.17) is 9.84 Å². The summed E-state index contributed by atoms with van der Waals surface area (Å²) in [6.07, 6.45) is 0.164. The van der Waals surface area contributed by atoms with Crippen LogP contribution in [0.25, 0.3) is 0 Å². The average molecular weight is 288 g/mol. The maximum Gasteiger partial charge on any atom is 0.326 e. The van der Waals surface area contributed by atoms with Gasteiger partial charge in [-0.05, 0) is 6.92 Å². The lowest BCUT2D eigenvalue weighted by molar-refractivity contribution is -0.142. The first-order chi connectivity index (χ1) is 9.09. The zero-order chi connectivity index (χ0) is 15.9. The second-order valence-electron chi connectivity index (χ2n) is 5.63. The van der Waals surface area contributed by atoms with Crippen LogP contribution in [-0.2, 0) is 19.1 Å². The van der Waals surface area contributed by atoms with E-state index in [1.165, 1.54) is 14.0 Å². The van der Waals surface area contributed by atoms with Gasteiger partial charge in [0.05, 0.1) is 0 Å². The fraction of sp³-hybridized carbons (Fsp3) is 0.769. The van der Waals surface area contributed by atoms with Crippen molar-refractivity contribution < 1.29 is 24.2 Å². The summed E-state index contributed by atoms with van der Waals surface area (Å²) >= 11 is 0. The molecule has 0 aromatic carbocycles. The summed E-state index contributed by atoms with van der Waals surface area (Å²) in [7, 11) is 1.45. The van der Waals surface area contributed by atoms with Gasteiger partial charge in [-0.25, -0.2) is 4.79 Å². The van der Waals surface area contributed by atoms with Crippen molar-refractivity contribution in [1.29, 1.82) is 0 Å². The minimum Gasteiger partial charge on any atom is -0.480 e. The fourth-order valence-electron chi connectivity index (χ4n) is 1.27. The Kier molecular flexibility index (Phi) is 7.20. The molecule has 116 valence electrons. The van der Waals surface area contributed by atoms with E-state index < -0.39 is 29.4 Å². The summed E-state index contributed by atoms with van der Waals surface area (Å²) < 4.78 is 4.79. The van der Waals surface area contributed by atoms with Crippen molar-refractivity contribution in [2.75, 3.05) is 13.7 Å². The Hall–Kier alpha value is -1.63. The van der Waals surface area contributed by atoms with Crippen LogP contribution >= 0.6 is 0 Å². The normalized spacial score (nSPS) is 14.2. The first-order valence-corrected chi connectivity index (χ1v) is 6.42. The maximum absolute atomic E-state index is 11.9. The van der Waals surface area contributed by atoms with E-state index in [1.807, 2.05) is 0 Å². The third kappa shape index (κ3) is 6.51. The quantitative estimate of drug-likeness (QED) is 0.618. The summed E-state index contributed by atoms with van der Waals surface area (Å²) in [4.78, 5) is 34.6. The van der Waals surface area contributed by atoms with Crippen LogP contribution < -0.4 is 10.6 Å². The lowest BCUT2D eigenvalue weighted by atomic mass is 9.95. The standard InChI is InChI=1S/C13H24N2O5/c1-8(14-12(19)13(2,3)4)10(16)15-9(11(17)18)6-7-20-5/h8-9H,6-7H2,1-5H3,(H,14,19)(H,15,16)(H,17,18). The SMILES string of the molecule is COCCC(NC(=O)C(C)NC(=O)C(C)(C)C)C(=O)O. The molecular formula is C13H24N2O5. The molecule has 0 aliphatic rings. The summed E-state index contributed by atoms with van der Waals surface area (Å²) in [6, 6.07) is -1.83. The fourth-order valence-corrected chi connectivity index (χ4v) is 1.27. The van der Waals surface area contributed by atoms with Crippen LogP contribution in [0.5, 0.6) is 0 Å². The van der Waals surface area contributed by atoms with Crippen molar-refractivity contribution in [2.45, 2.75) is 46.2 Å². The van der Waals surface area contributed by atoms with Crippen molar-refractivity contribution >= 4 is 17.8 Å². The number of amides is 2. The van der Waals surface area contributed by atoms with Crippen LogP contribution in [0.4, 0.5) is 0 Å². The highest BCUT2D eigenvalue weighted by atomic mass is 16.5. The van der Waals surface area contributed by atoms with E-state index in [1.54, 1.807) is 20.8 Å². The van der Waals surface area contributed by atoms with E-state index in [0.29, 0.717) is 0 Å². The van der Waals surface area contributed by atoms with Gasteiger partial charge in [-0.1, -0.05) is 20.8 Å². The van der Waals surface area contributed by atoms with Gasteiger partial charge in [0.25, 0.3) is 0 Å². The predicted octanol–water partition coefficient (Wildman–Crippen LogP) is 0.143. The molecule has 0 aliphatic heterocycles. The van der Waals surface area contributed by atoms with Crippen LogP contribution in [0.3, 0.4) is 0 Å². The van der Waals surface area contributed by atoms with Crippen LogP contribution in [0.15, 0.2) is 0 Å². The molecule has 2 atom stereocenters. The Balaban J connectivity index is 4.50. The van der Waals surface area contributed by atoms with Crippen molar-refractivity contribution in [1.82, 2.24) is 10.6 Å². The average Bonchev–Trinajstić information content (AvgIpc) is 2.32. The van der Waals surface area contributed by atoms with Crippen LogP contribution in [0.1, 0.15) is 34.1 Å². The Morgan fingerprint density at radius 1 is 1.20 bits per heavy atom. The minimum atomic E-state index is -1.13. The van der Waals surface area contributed by atoms with Gasteiger partial charge in [-0.2, -0.15) is 0 Å². The van der Waals surface area contributed by atoms with Gasteiger partial charge in [-0.3, -0.25) is 9.59 Å². The molecular weight excluding hydrogens is 264 g/mol. The summed E-state index contributed by atoms with van der Waals surface area (Å²) in [5, 5.41) is 13.9. The molecule has 0 radical (unpaired) electrons. The molecule has 0 spiro atoms. The second-order valence-corrected chi connectivity index (χ2v) is 5.63. The van der Waals surface area contributed by atoms with Gasteiger partial charge < -0.3 is 20.5 Å². The molecule has 7 nitrogen and oxygen atoms in total. The number of methoxy groups -OCH3 is 1. The van der Waals surface area contributed by atoms with Gasteiger partial charge >= 0.3 is 5.97 Å². The minimum absolute atomic E-state index is 0.164. The van der Waals surface area contributed by atoms with E-state index in [0.717, 1.165) is 0 Å². The molecule has 0 aliphatic carbocycles. The number of aliphatic carboxylic acids is 1. The van der Waals surface area contributed by atoms with E-state index in [9.17, 15) is 14.4 Å². The molecule has 20 heavy (non-hydrogen) atoms. The van der Waals surface area contributed by atoms with Gasteiger partial charge in [-0.15, -0.1) is 0 Å². The number of ether oxygens (including phenoxy) is 1.